The number of amides is 1. The fourth-order valence-corrected chi connectivity index (χ4v) is 3.88. The maximum atomic E-state index is 12.7. The van der Waals surface area contributed by atoms with E-state index in [1.54, 1.807) is 11.3 Å². The van der Waals surface area contributed by atoms with Crippen molar-refractivity contribution in [1.29, 1.82) is 0 Å². The van der Waals surface area contributed by atoms with E-state index in [1.807, 2.05) is 53.7 Å². The van der Waals surface area contributed by atoms with Gasteiger partial charge in [-0.1, -0.05) is 6.92 Å². The molecule has 0 aliphatic heterocycles. The Balaban J connectivity index is 2.24. The van der Waals surface area contributed by atoms with Crippen LogP contribution in [0.3, 0.4) is 0 Å². The van der Waals surface area contributed by atoms with Crippen molar-refractivity contribution in [3.8, 4) is 5.00 Å². The van der Waals surface area contributed by atoms with Gasteiger partial charge in [0.15, 0.2) is 6.61 Å². The van der Waals surface area contributed by atoms with Crippen molar-refractivity contribution in [2.45, 2.75) is 54.0 Å². The Bertz CT molecular complexity index is 769. The second kappa shape index (κ2) is 7.87. The SMILES string of the molecule is CC[C@H](C)NC(=O)COC(=O)c1c(-n2c(C)ccc2C)sc(C)c1C. The minimum absolute atomic E-state index is 0.0667. The van der Waals surface area contributed by atoms with Crippen LogP contribution in [0, 0.1) is 27.7 Å². The molecule has 0 fully saturated rings. The molecule has 1 atom stereocenters. The summed E-state index contributed by atoms with van der Waals surface area (Å²) in [4.78, 5) is 25.6. The van der Waals surface area contributed by atoms with Crippen LogP contribution in [-0.4, -0.2) is 29.1 Å². The zero-order valence-corrected chi connectivity index (χ0v) is 16.5. The van der Waals surface area contributed by atoms with E-state index in [4.69, 9.17) is 4.74 Å². The van der Waals surface area contributed by atoms with E-state index in [0.717, 1.165) is 33.3 Å². The Labute approximate surface area is 153 Å². The summed E-state index contributed by atoms with van der Waals surface area (Å²) in [5.74, 6) is -0.731. The Morgan fingerprint density at radius 2 is 1.80 bits per heavy atom. The van der Waals surface area contributed by atoms with E-state index in [9.17, 15) is 9.59 Å². The van der Waals surface area contributed by atoms with Crippen molar-refractivity contribution in [2.24, 2.45) is 0 Å². The molecule has 0 aromatic carbocycles. The molecule has 0 saturated heterocycles. The van der Waals surface area contributed by atoms with Crippen LogP contribution in [0.5, 0.6) is 0 Å². The molecule has 0 spiro atoms. The van der Waals surface area contributed by atoms with Gasteiger partial charge in [0.1, 0.15) is 5.00 Å². The zero-order chi connectivity index (χ0) is 18.7. The highest BCUT2D eigenvalue weighted by Crippen LogP contribution is 2.33. The van der Waals surface area contributed by atoms with Gasteiger partial charge in [0.05, 0.1) is 5.56 Å². The Kier molecular flexibility index (Phi) is 6.06. The lowest BCUT2D eigenvalue weighted by Gasteiger charge is -2.13. The average Bonchev–Trinajstić information content (AvgIpc) is 3.04. The van der Waals surface area contributed by atoms with Crippen molar-refractivity contribution in [3.63, 3.8) is 0 Å². The highest BCUT2D eigenvalue weighted by atomic mass is 32.1. The third kappa shape index (κ3) is 4.12. The minimum Gasteiger partial charge on any atom is -0.452 e. The topological polar surface area (TPSA) is 60.3 Å². The van der Waals surface area contributed by atoms with Crippen LogP contribution in [0.4, 0.5) is 0 Å². The number of nitrogens with one attached hydrogen (secondary N) is 1. The number of ether oxygens (including phenoxy) is 1. The smallest absolute Gasteiger partial charge is 0.341 e. The second-order valence-electron chi connectivity index (χ2n) is 6.37. The Hall–Kier alpha value is -2.08. The Morgan fingerprint density at radius 1 is 1.20 bits per heavy atom. The monoisotopic (exact) mass is 362 g/mol. The van der Waals surface area contributed by atoms with Crippen molar-refractivity contribution in [3.05, 3.63) is 39.5 Å². The van der Waals surface area contributed by atoms with Gasteiger partial charge in [0.2, 0.25) is 0 Å². The molecule has 2 rings (SSSR count). The molecule has 5 nitrogen and oxygen atoms in total. The largest absolute Gasteiger partial charge is 0.452 e. The Morgan fingerprint density at radius 3 is 2.36 bits per heavy atom. The first kappa shape index (κ1) is 19.2. The highest BCUT2D eigenvalue weighted by Gasteiger charge is 2.24. The van der Waals surface area contributed by atoms with Gasteiger partial charge in [-0.05, 0) is 58.7 Å². The molecule has 0 unspecified atom stereocenters. The number of aryl methyl sites for hydroxylation is 3. The third-order valence-electron chi connectivity index (χ3n) is 4.40. The van der Waals surface area contributed by atoms with Gasteiger partial charge in [0, 0.05) is 22.3 Å². The molecule has 0 bridgehead atoms. The molecule has 136 valence electrons. The summed E-state index contributed by atoms with van der Waals surface area (Å²) in [5.41, 5.74) is 3.56. The van der Waals surface area contributed by atoms with E-state index < -0.39 is 5.97 Å². The molecule has 0 radical (unpaired) electrons. The van der Waals surface area contributed by atoms with Crippen LogP contribution in [0.25, 0.3) is 5.00 Å². The molecule has 1 amide bonds. The lowest BCUT2D eigenvalue weighted by molar-refractivity contribution is -0.124. The number of carbonyl (C=O) groups is 2. The summed E-state index contributed by atoms with van der Waals surface area (Å²) in [7, 11) is 0. The lowest BCUT2D eigenvalue weighted by Crippen LogP contribution is -2.35. The molecule has 2 aromatic rings. The molecule has 0 saturated carbocycles. The summed E-state index contributed by atoms with van der Waals surface area (Å²) in [5, 5.41) is 3.65. The fraction of sp³-hybridized carbons (Fsp3) is 0.474. The summed E-state index contributed by atoms with van der Waals surface area (Å²) in [6.07, 6.45) is 0.832. The van der Waals surface area contributed by atoms with Gasteiger partial charge in [-0.3, -0.25) is 4.79 Å². The second-order valence-corrected chi connectivity index (χ2v) is 7.57. The fourth-order valence-electron chi connectivity index (χ4n) is 2.62. The molecular formula is C19H26N2O3S. The molecule has 2 heterocycles. The number of thiophene rings is 1. The number of carbonyl (C=O) groups excluding carboxylic acids is 2. The normalized spacial score (nSPS) is 12.1. The van der Waals surface area contributed by atoms with E-state index in [-0.39, 0.29) is 18.6 Å². The van der Waals surface area contributed by atoms with Crippen molar-refractivity contribution < 1.29 is 14.3 Å². The van der Waals surface area contributed by atoms with Gasteiger partial charge < -0.3 is 14.6 Å². The average molecular weight is 362 g/mol. The predicted octanol–water partition coefficient (Wildman–Crippen LogP) is 3.84. The van der Waals surface area contributed by atoms with Gasteiger partial charge in [-0.2, -0.15) is 0 Å². The summed E-state index contributed by atoms with van der Waals surface area (Å²) in [6, 6.07) is 4.11. The van der Waals surface area contributed by atoms with Gasteiger partial charge in [-0.15, -0.1) is 11.3 Å². The van der Waals surface area contributed by atoms with Crippen LogP contribution in [0.1, 0.15) is 52.5 Å². The quantitative estimate of drug-likeness (QED) is 0.794. The molecule has 1 N–H and O–H groups in total. The molecule has 25 heavy (non-hydrogen) atoms. The number of aromatic nitrogens is 1. The van der Waals surface area contributed by atoms with Crippen LogP contribution >= 0.6 is 11.3 Å². The molecule has 6 heteroatoms. The third-order valence-corrected chi connectivity index (χ3v) is 5.59. The number of rotatable bonds is 6. The number of esters is 1. The van der Waals surface area contributed by atoms with Crippen molar-refractivity contribution in [1.82, 2.24) is 9.88 Å². The number of hydrogen-bond acceptors (Lipinski definition) is 4. The lowest BCUT2D eigenvalue weighted by atomic mass is 10.1. The van der Waals surface area contributed by atoms with E-state index in [0.29, 0.717) is 5.56 Å². The molecule has 0 aliphatic rings. The molecule has 2 aromatic heterocycles. The molecule has 0 aliphatic carbocycles. The van der Waals surface area contributed by atoms with Gasteiger partial charge in [0.25, 0.3) is 5.91 Å². The zero-order valence-electron chi connectivity index (χ0n) is 15.7. The summed E-state index contributed by atoms with van der Waals surface area (Å²) in [6.45, 7) is 11.6. The van der Waals surface area contributed by atoms with E-state index in [1.165, 1.54) is 0 Å². The number of nitrogens with zero attached hydrogens (tertiary/aromatic N) is 1. The predicted molar refractivity (Wildman–Crippen MR) is 101 cm³/mol. The van der Waals surface area contributed by atoms with E-state index >= 15 is 0 Å². The first-order valence-electron chi connectivity index (χ1n) is 8.48. The van der Waals surface area contributed by atoms with Crippen LogP contribution in [0.15, 0.2) is 12.1 Å². The summed E-state index contributed by atoms with van der Waals surface area (Å²) < 4.78 is 7.35. The summed E-state index contributed by atoms with van der Waals surface area (Å²) >= 11 is 1.57. The van der Waals surface area contributed by atoms with E-state index in [2.05, 4.69) is 9.88 Å². The first-order chi connectivity index (χ1) is 11.8. The van der Waals surface area contributed by atoms with Crippen molar-refractivity contribution >= 4 is 23.2 Å². The van der Waals surface area contributed by atoms with Gasteiger partial charge in [-0.25, -0.2) is 4.79 Å². The highest BCUT2D eigenvalue weighted by molar-refractivity contribution is 7.15. The number of hydrogen-bond donors (Lipinski definition) is 1. The molecular weight excluding hydrogens is 336 g/mol. The minimum atomic E-state index is -0.455. The van der Waals surface area contributed by atoms with Crippen LogP contribution in [0.2, 0.25) is 0 Å². The maximum Gasteiger partial charge on any atom is 0.341 e. The van der Waals surface area contributed by atoms with Crippen molar-refractivity contribution in [2.75, 3.05) is 6.61 Å². The maximum absolute atomic E-state index is 12.7. The van der Waals surface area contributed by atoms with Crippen LogP contribution in [-0.2, 0) is 9.53 Å². The first-order valence-corrected chi connectivity index (χ1v) is 9.29. The standard InChI is InChI=1S/C19H26N2O3S/c1-7-11(2)20-16(22)10-24-19(23)17-14(5)15(6)25-18(17)21-12(3)8-9-13(21)4/h8-9,11H,7,10H2,1-6H3,(H,20,22)/t11-/m0/s1. The van der Waals surface area contributed by atoms with Crippen LogP contribution < -0.4 is 5.32 Å². The van der Waals surface area contributed by atoms with Gasteiger partial charge >= 0.3 is 5.97 Å².